The van der Waals surface area contributed by atoms with Gasteiger partial charge in [-0.1, -0.05) is 24.3 Å². The number of rotatable bonds is 5. The molecule has 20 heavy (non-hydrogen) atoms. The van der Waals surface area contributed by atoms with Crippen molar-refractivity contribution in [2.75, 3.05) is 5.43 Å². The first-order chi connectivity index (χ1) is 9.58. The normalized spacial score (nSPS) is 11.3. The van der Waals surface area contributed by atoms with Crippen LogP contribution in [0.25, 0.3) is 10.8 Å². The summed E-state index contributed by atoms with van der Waals surface area (Å²) in [6.07, 6.45) is 0.861. The first-order valence-electron chi connectivity index (χ1n) is 5.56. The summed E-state index contributed by atoms with van der Waals surface area (Å²) in [6, 6.07) is 7.19. The molecule has 0 radical (unpaired) electrons. The number of carbonyl (C=O) groups is 2. The van der Waals surface area contributed by atoms with Gasteiger partial charge in [-0.2, -0.15) is 10.2 Å². The van der Waals surface area contributed by atoms with Gasteiger partial charge in [0.2, 0.25) is 0 Å². The molecule has 0 bridgehead atoms. The second-order valence-electron chi connectivity index (χ2n) is 3.83. The SMILES string of the molecule is O=C(O)C/C(=N\Nc1nncc2ccccc12)C(=O)O. The van der Waals surface area contributed by atoms with Crippen molar-refractivity contribution in [3.8, 4) is 0 Å². The molecule has 0 unspecified atom stereocenters. The Morgan fingerprint density at radius 1 is 1.25 bits per heavy atom. The van der Waals surface area contributed by atoms with Gasteiger partial charge in [-0.3, -0.25) is 10.2 Å². The van der Waals surface area contributed by atoms with Gasteiger partial charge in [0.15, 0.2) is 11.5 Å². The second kappa shape index (κ2) is 5.74. The summed E-state index contributed by atoms with van der Waals surface area (Å²) in [5, 5.41) is 30.1. The number of carboxylic acids is 2. The summed E-state index contributed by atoms with van der Waals surface area (Å²) < 4.78 is 0. The standard InChI is InChI=1S/C12H10N4O4/c17-10(18)5-9(12(19)20)14-16-11-8-4-2-1-3-7(8)6-13-15-11/h1-4,6H,5H2,(H,15,16)(H,17,18)(H,19,20)/b14-9+. The molecule has 0 aliphatic heterocycles. The van der Waals surface area contributed by atoms with Gasteiger partial charge in [0.1, 0.15) is 0 Å². The van der Waals surface area contributed by atoms with Gasteiger partial charge in [-0.05, 0) is 0 Å². The third-order valence-electron chi connectivity index (χ3n) is 2.43. The largest absolute Gasteiger partial charge is 0.481 e. The number of benzene rings is 1. The number of aromatic nitrogens is 2. The zero-order chi connectivity index (χ0) is 14.5. The molecular weight excluding hydrogens is 264 g/mol. The van der Waals surface area contributed by atoms with Gasteiger partial charge in [0.25, 0.3) is 0 Å². The van der Waals surface area contributed by atoms with Crippen LogP contribution in [0.15, 0.2) is 35.6 Å². The van der Waals surface area contributed by atoms with Crippen molar-refractivity contribution in [1.29, 1.82) is 0 Å². The van der Waals surface area contributed by atoms with E-state index in [-0.39, 0.29) is 5.82 Å². The number of carboxylic acid groups (broad SMARTS) is 2. The van der Waals surface area contributed by atoms with E-state index in [1.165, 1.54) is 0 Å². The number of hydrazone groups is 1. The van der Waals surface area contributed by atoms with E-state index in [1.807, 2.05) is 12.1 Å². The zero-order valence-corrected chi connectivity index (χ0v) is 10.1. The zero-order valence-electron chi connectivity index (χ0n) is 10.1. The maximum Gasteiger partial charge on any atom is 0.352 e. The summed E-state index contributed by atoms with van der Waals surface area (Å²) in [5.74, 6) is -2.43. The van der Waals surface area contributed by atoms with Gasteiger partial charge in [-0.15, -0.1) is 5.10 Å². The van der Waals surface area contributed by atoms with E-state index >= 15 is 0 Å². The molecule has 2 aromatic rings. The third kappa shape index (κ3) is 3.05. The van der Waals surface area contributed by atoms with Crippen LogP contribution in [0.3, 0.4) is 0 Å². The number of fused-ring (bicyclic) bond motifs is 1. The van der Waals surface area contributed by atoms with Crippen molar-refractivity contribution in [2.45, 2.75) is 6.42 Å². The maximum absolute atomic E-state index is 10.8. The fourth-order valence-electron chi connectivity index (χ4n) is 1.54. The lowest BCUT2D eigenvalue weighted by Gasteiger charge is -2.04. The van der Waals surface area contributed by atoms with Crippen molar-refractivity contribution in [1.82, 2.24) is 10.2 Å². The Bertz CT molecular complexity index is 693. The van der Waals surface area contributed by atoms with Crippen LogP contribution in [0.5, 0.6) is 0 Å². The first kappa shape index (κ1) is 13.4. The quantitative estimate of drug-likeness (QED) is 0.547. The summed E-state index contributed by atoms with van der Waals surface area (Å²) >= 11 is 0. The van der Waals surface area contributed by atoms with Crippen LogP contribution in [0.1, 0.15) is 6.42 Å². The van der Waals surface area contributed by atoms with E-state index in [0.29, 0.717) is 5.39 Å². The predicted molar refractivity (Wildman–Crippen MR) is 70.5 cm³/mol. The van der Waals surface area contributed by atoms with Crippen molar-refractivity contribution in [3.63, 3.8) is 0 Å². The average molecular weight is 274 g/mol. The minimum absolute atomic E-state index is 0.257. The molecule has 0 amide bonds. The van der Waals surface area contributed by atoms with Crippen molar-refractivity contribution in [2.24, 2.45) is 5.10 Å². The van der Waals surface area contributed by atoms with E-state index in [0.717, 1.165) is 5.39 Å². The Labute approximate surface area is 112 Å². The average Bonchev–Trinajstić information content (AvgIpc) is 2.42. The number of hydrogen-bond donors (Lipinski definition) is 3. The summed E-state index contributed by atoms with van der Waals surface area (Å²) in [5.41, 5.74) is 1.92. The van der Waals surface area contributed by atoms with E-state index in [1.54, 1.807) is 18.3 Å². The highest BCUT2D eigenvalue weighted by Gasteiger charge is 2.14. The molecule has 102 valence electrons. The second-order valence-corrected chi connectivity index (χ2v) is 3.83. The minimum Gasteiger partial charge on any atom is -0.481 e. The van der Waals surface area contributed by atoms with Crippen LogP contribution in [0, 0.1) is 0 Å². The first-order valence-corrected chi connectivity index (χ1v) is 5.56. The Morgan fingerprint density at radius 2 is 2.00 bits per heavy atom. The Balaban J connectivity index is 2.31. The van der Waals surface area contributed by atoms with Gasteiger partial charge in [-0.25, -0.2) is 4.79 Å². The topological polar surface area (TPSA) is 125 Å². The monoisotopic (exact) mass is 274 g/mol. The third-order valence-corrected chi connectivity index (χ3v) is 2.43. The molecule has 1 aromatic carbocycles. The highest BCUT2D eigenvalue weighted by atomic mass is 16.4. The molecule has 1 aromatic heterocycles. The van der Waals surface area contributed by atoms with E-state index in [2.05, 4.69) is 20.7 Å². The molecule has 0 atom stereocenters. The van der Waals surface area contributed by atoms with E-state index in [4.69, 9.17) is 10.2 Å². The molecular formula is C12H10N4O4. The van der Waals surface area contributed by atoms with Crippen LogP contribution in [0.2, 0.25) is 0 Å². The number of aliphatic carboxylic acids is 2. The Hall–Kier alpha value is -3.03. The Kier molecular flexibility index (Phi) is 3.85. The molecule has 1 heterocycles. The van der Waals surface area contributed by atoms with Crippen LogP contribution in [0.4, 0.5) is 5.82 Å². The summed E-state index contributed by atoms with van der Waals surface area (Å²) in [7, 11) is 0. The van der Waals surface area contributed by atoms with Gasteiger partial charge >= 0.3 is 11.9 Å². The molecule has 0 saturated heterocycles. The Morgan fingerprint density at radius 3 is 2.70 bits per heavy atom. The lowest BCUT2D eigenvalue weighted by molar-refractivity contribution is -0.137. The molecule has 8 heteroatoms. The van der Waals surface area contributed by atoms with E-state index < -0.39 is 24.1 Å². The smallest absolute Gasteiger partial charge is 0.352 e. The molecule has 0 aliphatic rings. The highest BCUT2D eigenvalue weighted by Crippen LogP contribution is 2.19. The fourth-order valence-corrected chi connectivity index (χ4v) is 1.54. The number of hydrogen-bond acceptors (Lipinski definition) is 6. The highest BCUT2D eigenvalue weighted by molar-refractivity contribution is 6.38. The van der Waals surface area contributed by atoms with E-state index in [9.17, 15) is 9.59 Å². The maximum atomic E-state index is 10.8. The summed E-state index contributed by atoms with van der Waals surface area (Å²) in [4.78, 5) is 21.4. The summed E-state index contributed by atoms with van der Waals surface area (Å²) in [6.45, 7) is 0. The molecule has 0 spiro atoms. The molecule has 8 nitrogen and oxygen atoms in total. The molecule has 0 aliphatic carbocycles. The van der Waals surface area contributed by atoms with Gasteiger partial charge < -0.3 is 10.2 Å². The molecule has 0 fully saturated rings. The fraction of sp³-hybridized carbons (Fsp3) is 0.0833. The van der Waals surface area contributed by atoms with Gasteiger partial charge in [0.05, 0.1) is 12.6 Å². The van der Waals surface area contributed by atoms with Crippen LogP contribution in [-0.4, -0.2) is 38.1 Å². The van der Waals surface area contributed by atoms with Crippen LogP contribution < -0.4 is 5.43 Å². The van der Waals surface area contributed by atoms with Crippen LogP contribution in [-0.2, 0) is 9.59 Å². The van der Waals surface area contributed by atoms with Crippen molar-refractivity contribution >= 4 is 34.2 Å². The number of nitrogens with zero attached hydrogens (tertiary/aromatic N) is 3. The lowest BCUT2D eigenvalue weighted by atomic mass is 10.2. The minimum atomic E-state index is -1.41. The van der Waals surface area contributed by atoms with Crippen molar-refractivity contribution in [3.05, 3.63) is 30.5 Å². The molecule has 3 N–H and O–H groups in total. The van der Waals surface area contributed by atoms with Gasteiger partial charge in [0, 0.05) is 10.8 Å². The van der Waals surface area contributed by atoms with Crippen LogP contribution >= 0.6 is 0 Å². The predicted octanol–water partition coefficient (Wildman–Crippen LogP) is 0.957. The number of anilines is 1. The number of nitrogens with one attached hydrogen (secondary N) is 1. The lowest BCUT2D eigenvalue weighted by Crippen LogP contribution is -2.19. The van der Waals surface area contributed by atoms with Crippen molar-refractivity contribution < 1.29 is 19.8 Å². The molecule has 0 saturated carbocycles. The molecule has 2 rings (SSSR count).